The third-order valence-corrected chi connectivity index (χ3v) is 3.88. The highest BCUT2D eigenvalue weighted by Crippen LogP contribution is 2.24. The monoisotopic (exact) mass is 291 g/mol. The van der Waals surface area contributed by atoms with Crippen molar-refractivity contribution in [3.05, 3.63) is 36.2 Å². The summed E-state index contributed by atoms with van der Waals surface area (Å²) >= 11 is 0. The van der Waals surface area contributed by atoms with Crippen LogP contribution < -0.4 is 5.32 Å². The van der Waals surface area contributed by atoms with Crippen LogP contribution in [0.4, 0.5) is 0 Å². The molecular formula is C19H33NO. The predicted molar refractivity (Wildman–Crippen MR) is 92.1 cm³/mol. The number of nitrogens with one attached hydrogen (secondary N) is 1. The summed E-state index contributed by atoms with van der Waals surface area (Å²) in [5.74, 6) is 0.675. The molecule has 0 aliphatic carbocycles. The van der Waals surface area contributed by atoms with Gasteiger partial charge in [0.1, 0.15) is 0 Å². The first kappa shape index (κ1) is 18.0. The van der Waals surface area contributed by atoms with Gasteiger partial charge in [-0.25, -0.2) is 0 Å². The van der Waals surface area contributed by atoms with Crippen LogP contribution in [0.3, 0.4) is 0 Å². The lowest BCUT2D eigenvalue weighted by Crippen LogP contribution is -2.15. The van der Waals surface area contributed by atoms with Crippen LogP contribution in [0.2, 0.25) is 0 Å². The lowest BCUT2D eigenvalue weighted by atomic mass is 9.92. The van der Waals surface area contributed by atoms with Gasteiger partial charge in [0.05, 0.1) is 0 Å². The maximum atomic E-state index is 5.55. The van der Waals surface area contributed by atoms with Crippen molar-refractivity contribution in [3.63, 3.8) is 0 Å². The van der Waals surface area contributed by atoms with E-state index in [2.05, 4.69) is 43.5 Å². The summed E-state index contributed by atoms with van der Waals surface area (Å²) in [5.41, 5.74) is 1.38. The van der Waals surface area contributed by atoms with Crippen LogP contribution in [0.5, 0.6) is 0 Å². The molecule has 1 aliphatic rings. The molecule has 0 radical (unpaired) electrons. The standard InChI is InChI=1S/C19H33NO/c1-3-5-12-18(19-14-9-6-10-15-20-19)13-8-7-11-17-21-16-4-2/h6,9-10,14-15,18,20H,3-5,7-8,11-13,16-17H2,1-2H3. The fraction of sp³-hybridized carbons (Fsp3) is 0.684. The normalized spacial score (nSPS) is 15.4. The summed E-state index contributed by atoms with van der Waals surface area (Å²) in [5, 5.41) is 3.45. The van der Waals surface area contributed by atoms with E-state index in [9.17, 15) is 0 Å². The minimum atomic E-state index is 0.675. The van der Waals surface area contributed by atoms with Crippen molar-refractivity contribution >= 4 is 0 Å². The molecule has 1 heterocycles. The largest absolute Gasteiger partial charge is 0.381 e. The SMILES string of the molecule is CCCCC(CCCCCOCCC)C1=CC=CC=CN1. The Kier molecular flexibility index (Phi) is 10.9. The minimum absolute atomic E-state index is 0.675. The van der Waals surface area contributed by atoms with Crippen molar-refractivity contribution in [2.24, 2.45) is 5.92 Å². The van der Waals surface area contributed by atoms with Gasteiger partial charge in [0, 0.05) is 25.1 Å². The van der Waals surface area contributed by atoms with Crippen LogP contribution in [-0.2, 0) is 4.74 Å². The van der Waals surface area contributed by atoms with Gasteiger partial charge in [-0.2, -0.15) is 0 Å². The van der Waals surface area contributed by atoms with Crippen molar-refractivity contribution in [2.75, 3.05) is 13.2 Å². The van der Waals surface area contributed by atoms with Gasteiger partial charge in [-0.3, -0.25) is 0 Å². The summed E-state index contributed by atoms with van der Waals surface area (Å²) < 4.78 is 5.55. The number of rotatable bonds is 12. The number of hydrogen-bond donors (Lipinski definition) is 1. The van der Waals surface area contributed by atoms with Crippen molar-refractivity contribution < 1.29 is 4.74 Å². The Balaban J connectivity index is 2.28. The third kappa shape index (κ3) is 8.77. The number of ether oxygens (including phenoxy) is 1. The van der Waals surface area contributed by atoms with Crippen molar-refractivity contribution in [1.29, 1.82) is 0 Å². The zero-order chi connectivity index (χ0) is 15.2. The first-order valence-electron chi connectivity index (χ1n) is 8.76. The van der Waals surface area contributed by atoms with E-state index >= 15 is 0 Å². The van der Waals surface area contributed by atoms with Gasteiger partial charge in [-0.1, -0.05) is 51.7 Å². The molecule has 2 nitrogen and oxygen atoms in total. The summed E-state index contributed by atoms with van der Waals surface area (Å²) in [6, 6.07) is 0. The molecule has 1 atom stereocenters. The number of unbranched alkanes of at least 4 members (excludes halogenated alkanes) is 3. The molecule has 0 fully saturated rings. The Morgan fingerprint density at radius 1 is 0.905 bits per heavy atom. The second-order valence-corrected chi connectivity index (χ2v) is 5.81. The number of allylic oxidation sites excluding steroid dienone is 5. The molecule has 0 aromatic rings. The van der Waals surface area contributed by atoms with E-state index in [-0.39, 0.29) is 0 Å². The van der Waals surface area contributed by atoms with E-state index in [0.717, 1.165) is 19.6 Å². The first-order chi connectivity index (χ1) is 10.4. The average Bonchev–Trinajstić information content (AvgIpc) is 2.78. The maximum Gasteiger partial charge on any atom is 0.0466 e. The summed E-state index contributed by atoms with van der Waals surface area (Å²) in [4.78, 5) is 0. The Hall–Kier alpha value is -1.02. The molecule has 21 heavy (non-hydrogen) atoms. The van der Waals surface area contributed by atoms with Crippen LogP contribution in [0.15, 0.2) is 36.2 Å². The second kappa shape index (κ2) is 12.7. The predicted octanol–water partition coefficient (Wildman–Crippen LogP) is 5.34. The smallest absolute Gasteiger partial charge is 0.0466 e. The zero-order valence-corrected chi connectivity index (χ0v) is 13.9. The van der Waals surface area contributed by atoms with Crippen LogP contribution in [0.25, 0.3) is 0 Å². The quantitative estimate of drug-likeness (QED) is 0.490. The van der Waals surface area contributed by atoms with Crippen LogP contribution in [0, 0.1) is 5.92 Å². The van der Waals surface area contributed by atoms with Gasteiger partial charge in [0.25, 0.3) is 0 Å². The molecule has 1 unspecified atom stereocenters. The Morgan fingerprint density at radius 3 is 2.57 bits per heavy atom. The highest BCUT2D eigenvalue weighted by molar-refractivity contribution is 5.22. The van der Waals surface area contributed by atoms with Crippen molar-refractivity contribution in [2.45, 2.75) is 65.2 Å². The molecule has 0 aromatic heterocycles. The molecule has 0 saturated heterocycles. The van der Waals surface area contributed by atoms with E-state index in [4.69, 9.17) is 4.74 Å². The molecule has 120 valence electrons. The minimum Gasteiger partial charge on any atom is -0.381 e. The molecule has 0 amide bonds. The van der Waals surface area contributed by atoms with Gasteiger partial charge in [0.2, 0.25) is 0 Å². The van der Waals surface area contributed by atoms with Crippen LogP contribution in [-0.4, -0.2) is 13.2 Å². The maximum absolute atomic E-state index is 5.55. The van der Waals surface area contributed by atoms with E-state index in [1.54, 1.807) is 0 Å². The molecular weight excluding hydrogens is 258 g/mol. The Labute approximate surface area is 131 Å². The van der Waals surface area contributed by atoms with E-state index in [0.29, 0.717) is 5.92 Å². The molecule has 0 bridgehead atoms. The lowest BCUT2D eigenvalue weighted by Gasteiger charge is -2.20. The van der Waals surface area contributed by atoms with Gasteiger partial charge in [-0.05, 0) is 43.8 Å². The molecule has 1 aliphatic heterocycles. The summed E-state index contributed by atoms with van der Waals surface area (Å²) in [6.07, 6.45) is 20.7. The fourth-order valence-electron chi connectivity index (χ4n) is 2.65. The highest BCUT2D eigenvalue weighted by atomic mass is 16.5. The molecule has 0 spiro atoms. The third-order valence-electron chi connectivity index (χ3n) is 3.88. The van der Waals surface area contributed by atoms with E-state index in [1.807, 2.05) is 6.20 Å². The van der Waals surface area contributed by atoms with Gasteiger partial charge in [0.15, 0.2) is 0 Å². The molecule has 0 saturated carbocycles. The fourth-order valence-corrected chi connectivity index (χ4v) is 2.65. The highest BCUT2D eigenvalue weighted by Gasteiger charge is 2.13. The summed E-state index contributed by atoms with van der Waals surface area (Å²) in [6.45, 7) is 6.28. The Morgan fingerprint density at radius 2 is 1.76 bits per heavy atom. The zero-order valence-electron chi connectivity index (χ0n) is 13.9. The van der Waals surface area contributed by atoms with E-state index < -0.39 is 0 Å². The Bertz CT molecular complexity index is 330. The van der Waals surface area contributed by atoms with Crippen LogP contribution >= 0.6 is 0 Å². The topological polar surface area (TPSA) is 21.3 Å². The second-order valence-electron chi connectivity index (χ2n) is 5.81. The average molecular weight is 291 g/mol. The van der Waals surface area contributed by atoms with Gasteiger partial charge >= 0.3 is 0 Å². The van der Waals surface area contributed by atoms with Gasteiger partial charge < -0.3 is 10.1 Å². The molecule has 1 rings (SSSR count). The molecule has 1 N–H and O–H groups in total. The number of hydrogen-bond acceptors (Lipinski definition) is 2. The van der Waals surface area contributed by atoms with Crippen molar-refractivity contribution in [3.8, 4) is 0 Å². The van der Waals surface area contributed by atoms with Crippen molar-refractivity contribution in [1.82, 2.24) is 5.32 Å². The molecule has 2 heteroatoms. The van der Waals surface area contributed by atoms with E-state index in [1.165, 1.54) is 50.6 Å². The van der Waals surface area contributed by atoms with Gasteiger partial charge in [-0.15, -0.1) is 0 Å². The molecule has 0 aromatic carbocycles. The van der Waals surface area contributed by atoms with Crippen LogP contribution in [0.1, 0.15) is 65.2 Å². The summed E-state index contributed by atoms with van der Waals surface area (Å²) in [7, 11) is 0. The lowest BCUT2D eigenvalue weighted by molar-refractivity contribution is 0.130. The first-order valence-corrected chi connectivity index (χ1v) is 8.76.